The summed E-state index contributed by atoms with van der Waals surface area (Å²) in [7, 11) is 0. The van der Waals surface area contributed by atoms with E-state index in [1.807, 2.05) is 6.92 Å². The molecule has 1 aliphatic carbocycles. The van der Waals surface area contributed by atoms with E-state index in [2.05, 4.69) is 4.98 Å². The molecule has 1 aromatic carbocycles. The van der Waals surface area contributed by atoms with Gasteiger partial charge in [0.2, 0.25) is 0 Å². The van der Waals surface area contributed by atoms with Crippen LogP contribution in [-0.4, -0.2) is 16.6 Å². The minimum Gasteiger partial charge on any atom is -0.436 e. The van der Waals surface area contributed by atoms with E-state index in [0.717, 1.165) is 5.56 Å². The molecule has 0 spiro atoms. The van der Waals surface area contributed by atoms with Gasteiger partial charge in [-0.25, -0.2) is 9.37 Å². The summed E-state index contributed by atoms with van der Waals surface area (Å²) in [4.78, 5) is 27.5. The molecule has 1 fully saturated rings. The molecule has 142 valence electrons. The number of carbonyl (C=O) groups is 2. The van der Waals surface area contributed by atoms with E-state index in [9.17, 15) is 27.2 Å². The van der Waals surface area contributed by atoms with E-state index in [-0.39, 0.29) is 30.2 Å². The highest BCUT2D eigenvalue weighted by atomic mass is 19.4. The Bertz CT molecular complexity index is 892. The lowest BCUT2D eigenvalue weighted by Gasteiger charge is -2.15. The van der Waals surface area contributed by atoms with Crippen LogP contribution < -0.4 is 4.74 Å². The highest BCUT2D eigenvalue weighted by Gasteiger charge is 2.36. The van der Waals surface area contributed by atoms with Gasteiger partial charge in [0.1, 0.15) is 23.2 Å². The first-order valence-corrected chi connectivity index (χ1v) is 8.29. The number of Topliss-reactive ketones (excluding diaryl/α,β-unsaturated/α-hetero) is 2. The van der Waals surface area contributed by atoms with Crippen molar-refractivity contribution < 1.29 is 31.9 Å². The zero-order chi connectivity index (χ0) is 19.8. The molecule has 0 atom stereocenters. The molecular formula is C19H15F4NO3. The molecule has 0 N–H and O–H groups in total. The van der Waals surface area contributed by atoms with E-state index in [0.29, 0.717) is 24.2 Å². The monoisotopic (exact) mass is 381 g/mol. The standard InChI is InChI=1S/C19H15F4NO3/c1-2-10-3-4-12(8-13(10)17-15(25)5-6-16(17)26)27-18-14(20)7-11(9-24-18)19(21,22)23/h3-4,7-9,17H,2,5-6H2,1H3. The lowest BCUT2D eigenvalue weighted by atomic mass is 9.90. The number of halogens is 4. The fourth-order valence-corrected chi connectivity index (χ4v) is 3.06. The van der Waals surface area contributed by atoms with Gasteiger partial charge >= 0.3 is 6.18 Å². The summed E-state index contributed by atoms with van der Waals surface area (Å²) in [6.07, 6.45) is -3.32. The molecule has 27 heavy (non-hydrogen) atoms. The highest BCUT2D eigenvalue weighted by molar-refractivity contribution is 6.13. The predicted octanol–water partition coefficient (Wildman–Crippen LogP) is 4.61. The molecule has 8 heteroatoms. The third kappa shape index (κ3) is 3.84. The van der Waals surface area contributed by atoms with Crippen LogP contribution in [0.1, 0.15) is 42.4 Å². The number of rotatable bonds is 4. The van der Waals surface area contributed by atoms with Crippen molar-refractivity contribution in [3.8, 4) is 11.6 Å². The molecule has 1 aromatic heterocycles. The van der Waals surface area contributed by atoms with Gasteiger partial charge in [0, 0.05) is 19.0 Å². The maximum absolute atomic E-state index is 13.9. The van der Waals surface area contributed by atoms with Crippen LogP contribution in [0.25, 0.3) is 0 Å². The molecule has 0 radical (unpaired) electrons. The van der Waals surface area contributed by atoms with Crippen molar-refractivity contribution in [1.29, 1.82) is 0 Å². The van der Waals surface area contributed by atoms with E-state index >= 15 is 0 Å². The molecule has 0 bridgehead atoms. The number of pyridine rings is 1. The molecule has 0 unspecified atom stereocenters. The number of hydrogen-bond acceptors (Lipinski definition) is 4. The van der Waals surface area contributed by atoms with Crippen molar-refractivity contribution in [2.75, 3.05) is 0 Å². The molecule has 1 aliphatic rings. The molecule has 1 heterocycles. The number of hydrogen-bond donors (Lipinski definition) is 0. The Kier molecular flexibility index (Phi) is 4.99. The fraction of sp³-hybridized carbons (Fsp3) is 0.316. The molecule has 3 rings (SSSR count). The van der Waals surface area contributed by atoms with Crippen LogP contribution >= 0.6 is 0 Å². The highest BCUT2D eigenvalue weighted by Crippen LogP contribution is 2.35. The second-order valence-corrected chi connectivity index (χ2v) is 6.19. The predicted molar refractivity (Wildman–Crippen MR) is 87.1 cm³/mol. The maximum atomic E-state index is 13.9. The van der Waals surface area contributed by atoms with Gasteiger partial charge in [0.05, 0.1) is 5.56 Å². The van der Waals surface area contributed by atoms with Crippen molar-refractivity contribution in [3.63, 3.8) is 0 Å². The average molecular weight is 381 g/mol. The summed E-state index contributed by atoms with van der Waals surface area (Å²) in [5.74, 6) is -3.06. The Morgan fingerprint density at radius 1 is 1.15 bits per heavy atom. The second kappa shape index (κ2) is 7.09. The molecular weight excluding hydrogens is 366 g/mol. The number of benzene rings is 1. The maximum Gasteiger partial charge on any atom is 0.417 e. The van der Waals surface area contributed by atoms with E-state index in [1.54, 1.807) is 6.07 Å². The molecule has 1 saturated carbocycles. The minimum atomic E-state index is -4.72. The number of aryl methyl sites for hydroxylation is 1. The lowest BCUT2D eigenvalue weighted by Crippen LogP contribution is -2.14. The molecule has 2 aromatic rings. The summed E-state index contributed by atoms with van der Waals surface area (Å²) in [5, 5.41) is 0. The van der Waals surface area contributed by atoms with Gasteiger partial charge in [-0.1, -0.05) is 13.0 Å². The van der Waals surface area contributed by atoms with Crippen LogP contribution in [-0.2, 0) is 22.2 Å². The van der Waals surface area contributed by atoms with Crippen LogP contribution in [0.5, 0.6) is 11.6 Å². The first-order chi connectivity index (χ1) is 12.7. The third-order valence-corrected chi connectivity index (χ3v) is 4.42. The van der Waals surface area contributed by atoms with Crippen LogP contribution in [0.3, 0.4) is 0 Å². The number of aromatic nitrogens is 1. The lowest BCUT2D eigenvalue weighted by molar-refractivity contribution is -0.138. The van der Waals surface area contributed by atoms with Gasteiger partial charge in [-0.15, -0.1) is 0 Å². The Labute approximate surface area is 152 Å². The Morgan fingerprint density at radius 2 is 1.81 bits per heavy atom. The van der Waals surface area contributed by atoms with Crippen molar-refractivity contribution >= 4 is 11.6 Å². The average Bonchev–Trinajstić information content (AvgIpc) is 2.94. The largest absolute Gasteiger partial charge is 0.436 e. The SMILES string of the molecule is CCc1ccc(Oc2ncc(C(F)(F)F)cc2F)cc1C1C(=O)CCC1=O. The summed E-state index contributed by atoms with van der Waals surface area (Å²) in [6.45, 7) is 1.86. The second-order valence-electron chi connectivity index (χ2n) is 6.19. The molecule has 0 aliphatic heterocycles. The van der Waals surface area contributed by atoms with E-state index in [4.69, 9.17) is 4.74 Å². The third-order valence-electron chi connectivity index (χ3n) is 4.42. The van der Waals surface area contributed by atoms with Crippen molar-refractivity contribution in [2.24, 2.45) is 0 Å². The molecule has 0 saturated heterocycles. The summed E-state index contributed by atoms with van der Waals surface area (Å²) in [5.41, 5.74) is 0.0307. The van der Waals surface area contributed by atoms with Gasteiger partial charge in [-0.3, -0.25) is 9.59 Å². The van der Waals surface area contributed by atoms with Crippen LogP contribution in [0.2, 0.25) is 0 Å². The van der Waals surface area contributed by atoms with Gasteiger partial charge < -0.3 is 4.74 Å². The Morgan fingerprint density at radius 3 is 2.37 bits per heavy atom. The number of ether oxygens (including phenoxy) is 1. The Balaban J connectivity index is 1.93. The Hall–Kier alpha value is -2.77. The number of ketones is 2. The first-order valence-electron chi connectivity index (χ1n) is 8.29. The molecule has 0 amide bonds. The van der Waals surface area contributed by atoms with Crippen LogP contribution in [0, 0.1) is 5.82 Å². The van der Waals surface area contributed by atoms with Gasteiger partial charge in [-0.2, -0.15) is 13.2 Å². The summed E-state index contributed by atoms with van der Waals surface area (Å²) in [6, 6.07) is 4.88. The van der Waals surface area contributed by atoms with Crippen molar-refractivity contribution in [3.05, 3.63) is 53.0 Å². The summed E-state index contributed by atoms with van der Waals surface area (Å²) < 4.78 is 57.0. The smallest absolute Gasteiger partial charge is 0.417 e. The van der Waals surface area contributed by atoms with E-state index < -0.39 is 29.4 Å². The zero-order valence-electron chi connectivity index (χ0n) is 14.3. The number of carbonyl (C=O) groups excluding carboxylic acids is 2. The number of nitrogens with zero attached hydrogens (tertiary/aromatic N) is 1. The van der Waals surface area contributed by atoms with E-state index in [1.165, 1.54) is 12.1 Å². The first kappa shape index (κ1) is 19.0. The quantitative estimate of drug-likeness (QED) is 0.573. The minimum absolute atomic E-state index is 0.0841. The fourth-order valence-electron chi connectivity index (χ4n) is 3.06. The van der Waals surface area contributed by atoms with Crippen molar-refractivity contribution in [2.45, 2.75) is 38.3 Å². The zero-order valence-corrected chi connectivity index (χ0v) is 14.3. The van der Waals surface area contributed by atoms with Crippen LogP contribution in [0.15, 0.2) is 30.5 Å². The van der Waals surface area contributed by atoms with Gasteiger partial charge in [0.25, 0.3) is 5.88 Å². The molecule has 4 nitrogen and oxygen atoms in total. The van der Waals surface area contributed by atoms with Crippen LogP contribution in [0.4, 0.5) is 17.6 Å². The number of alkyl halides is 3. The summed E-state index contributed by atoms with van der Waals surface area (Å²) >= 11 is 0. The van der Waals surface area contributed by atoms with Gasteiger partial charge in [-0.05, 0) is 35.7 Å². The van der Waals surface area contributed by atoms with Gasteiger partial charge in [0.15, 0.2) is 5.82 Å². The normalized spacial score (nSPS) is 15.4. The van der Waals surface area contributed by atoms with Crippen molar-refractivity contribution in [1.82, 2.24) is 4.98 Å². The topological polar surface area (TPSA) is 56.3 Å².